The molecule has 31 heavy (non-hydrogen) atoms. The minimum absolute atomic E-state index is 0.106. The van der Waals surface area contributed by atoms with E-state index in [1.807, 2.05) is 60.5 Å². The molecule has 1 aromatic heterocycles. The molecule has 0 bridgehead atoms. The first kappa shape index (κ1) is 19.5. The Labute approximate surface area is 179 Å². The van der Waals surface area contributed by atoms with Crippen molar-refractivity contribution in [2.24, 2.45) is 5.92 Å². The summed E-state index contributed by atoms with van der Waals surface area (Å²) in [5.41, 5.74) is 1.31. The van der Waals surface area contributed by atoms with Gasteiger partial charge in [0, 0.05) is 49.5 Å². The van der Waals surface area contributed by atoms with E-state index in [9.17, 15) is 14.4 Å². The molecule has 7 nitrogen and oxygen atoms in total. The number of hydrogen-bond donors (Lipinski definition) is 0. The lowest BCUT2D eigenvalue weighted by molar-refractivity contribution is -0.134. The predicted octanol–water partition coefficient (Wildman–Crippen LogP) is 2.14. The summed E-state index contributed by atoms with van der Waals surface area (Å²) in [7, 11) is 1.84. The summed E-state index contributed by atoms with van der Waals surface area (Å²) in [5.74, 6) is 0.171. The molecule has 0 N–H and O–H groups in total. The molecule has 0 spiro atoms. The fourth-order valence-electron chi connectivity index (χ4n) is 4.89. The molecule has 0 radical (unpaired) electrons. The van der Waals surface area contributed by atoms with Crippen LogP contribution < -0.4 is 5.56 Å². The van der Waals surface area contributed by atoms with Crippen LogP contribution in [-0.2, 0) is 16.1 Å². The quantitative estimate of drug-likeness (QED) is 0.656. The van der Waals surface area contributed by atoms with Crippen LogP contribution in [0.3, 0.4) is 0 Å². The molecule has 2 aliphatic heterocycles. The van der Waals surface area contributed by atoms with Crippen molar-refractivity contribution in [3.05, 3.63) is 65.0 Å². The summed E-state index contributed by atoms with van der Waals surface area (Å²) < 4.78 is 1.28. The summed E-state index contributed by atoms with van der Waals surface area (Å²) in [4.78, 5) is 41.8. The summed E-state index contributed by atoms with van der Waals surface area (Å²) in [6.45, 7) is 1.03. The van der Waals surface area contributed by atoms with Crippen molar-refractivity contribution >= 4 is 22.6 Å². The fraction of sp³-hybridized carbons (Fsp3) is 0.333. The average Bonchev–Trinajstić information content (AvgIpc) is 3.09. The van der Waals surface area contributed by atoms with Crippen LogP contribution in [0, 0.1) is 5.92 Å². The molecule has 0 saturated carbocycles. The van der Waals surface area contributed by atoms with Gasteiger partial charge in [-0.05, 0) is 12.5 Å². The lowest BCUT2D eigenvalue weighted by Gasteiger charge is -2.36. The lowest BCUT2D eigenvalue weighted by atomic mass is 9.93. The van der Waals surface area contributed by atoms with E-state index in [-0.39, 0.29) is 35.9 Å². The molecule has 7 heteroatoms. The zero-order valence-corrected chi connectivity index (χ0v) is 17.4. The first-order chi connectivity index (χ1) is 15.0. The van der Waals surface area contributed by atoms with E-state index in [2.05, 4.69) is 5.10 Å². The van der Waals surface area contributed by atoms with Gasteiger partial charge in [0.1, 0.15) is 6.54 Å². The van der Waals surface area contributed by atoms with Crippen LogP contribution in [0.4, 0.5) is 0 Å². The second-order valence-electron chi connectivity index (χ2n) is 8.39. The van der Waals surface area contributed by atoms with Crippen molar-refractivity contribution in [1.82, 2.24) is 19.6 Å². The lowest BCUT2D eigenvalue weighted by Crippen LogP contribution is -2.49. The summed E-state index contributed by atoms with van der Waals surface area (Å²) in [5, 5.41) is 5.91. The number of rotatable bonds is 3. The van der Waals surface area contributed by atoms with Crippen LogP contribution in [0.15, 0.2) is 59.4 Å². The second kappa shape index (κ2) is 7.65. The van der Waals surface area contributed by atoms with Crippen LogP contribution in [0.5, 0.6) is 0 Å². The van der Waals surface area contributed by atoms with Crippen LogP contribution in [0.25, 0.3) is 22.0 Å². The van der Waals surface area contributed by atoms with Gasteiger partial charge in [-0.3, -0.25) is 14.4 Å². The van der Waals surface area contributed by atoms with Crippen LogP contribution >= 0.6 is 0 Å². The van der Waals surface area contributed by atoms with Crippen molar-refractivity contribution < 1.29 is 9.59 Å². The topological polar surface area (TPSA) is 75.5 Å². The van der Waals surface area contributed by atoms with Gasteiger partial charge in [0.05, 0.1) is 11.1 Å². The van der Waals surface area contributed by atoms with Crippen molar-refractivity contribution in [3.63, 3.8) is 0 Å². The number of carbonyl (C=O) groups excluding carboxylic acids is 2. The molecule has 5 rings (SSSR count). The SMILES string of the molecule is CN1C(=O)C[C@@H]2CN(C(=O)Cn3nc(-c4ccccc4)c4ccccc4c3=O)CC[C@@H]21. The number of amides is 2. The standard InChI is InChI=1S/C24H24N4O3/c1-26-20-11-12-27(14-17(20)13-21(26)29)22(30)15-28-24(31)19-10-6-5-9-18(19)23(25-28)16-7-3-2-4-8-16/h2-10,17,20H,11-15H2,1H3/t17-,20+/m1/s1. The van der Waals surface area contributed by atoms with E-state index in [0.717, 1.165) is 17.4 Å². The third-order valence-electron chi connectivity index (χ3n) is 6.57. The van der Waals surface area contributed by atoms with Gasteiger partial charge in [0.15, 0.2) is 0 Å². The Bertz CT molecular complexity index is 1220. The van der Waals surface area contributed by atoms with E-state index < -0.39 is 0 Å². The van der Waals surface area contributed by atoms with E-state index in [1.165, 1.54) is 4.68 Å². The zero-order valence-electron chi connectivity index (χ0n) is 17.4. The Balaban J connectivity index is 1.46. The molecule has 2 aromatic carbocycles. The maximum absolute atomic E-state index is 13.1. The van der Waals surface area contributed by atoms with Gasteiger partial charge in [-0.15, -0.1) is 0 Å². The molecule has 2 atom stereocenters. The van der Waals surface area contributed by atoms with Crippen molar-refractivity contribution in [1.29, 1.82) is 0 Å². The van der Waals surface area contributed by atoms with Crippen LogP contribution in [-0.4, -0.2) is 57.6 Å². The molecular weight excluding hydrogens is 392 g/mol. The van der Waals surface area contributed by atoms with E-state index >= 15 is 0 Å². The molecule has 2 saturated heterocycles. The Morgan fingerprint density at radius 1 is 1.03 bits per heavy atom. The number of likely N-dealkylation sites (tertiary alicyclic amines) is 2. The number of hydrogen-bond acceptors (Lipinski definition) is 4. The number of fused-ring (bicyclic) bond motifs is 2. The second-order valence-corrected chi connectivity index (χ2v) is 8.39. The molecule has 0 aliphatic carbocycles. The Morgan fingerprint density at radius 3 is 2.52 bits per heavy atom. The maximum Gasteiger partial charge on any atom is 0.275 e. The summed E-state index contributed by atoms with van der Waals surface area (Å²) in [6.07, 6.45) is 1.26. The number of carbonyl (C=O) groups is 2. The highest BCUT2D eigenvalue weighted by molar-refractivity contribution is 5.93. The van der Waals surface area contributed by atoms with Gasteiger partial charge < -0.3 is 9.80 Å². The van der Waals surface area contributed by atoms with Crippen molar-refractivity contribution in [2.75, 3.05) is 20.1 Å². The molecule has 3 heterocycles. The highest BCUT2D eigenvalue weighted by Crippen LogP contribution is 2.31. The van der Waals surface area contributed by atoms with Gasteiger partial charge in [-0.25, -0.2) is 4.68 Å². The van der Waals surface area contributed by atoms with Gasteiger partial charge in [0.2, 0.25) is 11.8 Å². The summed E-state index contributed by atoms with van der Waals surface area (Å²) in [6, 6.07) is 17.3. The molecule has 2 fully saturated rings. The molecule has 2 aliphatic rings. The molecule has 3 aromatic rings. The van der Waals surface area contributed by atoms with Crippen LogP contribution in [0.1, 0.15) is 12.8 Å². The first-order valence-corrected chi connectivity index (χ1v) is 10.6. The number of benzene rings is 2. The maximum atomic E-state index is 13.1. The number of piperidine rings is 1. The Morgan fingerprint density at radius 2 is 1.74 bits per heavy atom. The zero-order chi connectivity index (χ0) is 21.5. The fourth-order valence-corrected chi connectivity index (χ4v) is 4.89. The van der Waals surface area contributed by atoms with E-state index in [4.69, 9.17) is 0 Å². The smallest absolute Gasteiger partial charge is 0.275 e. The van der Waals surface area contributed by atoms with Gasteiger partial charge in [-0.2, -0.15) is 5.10 Å². The largest absolute Gasteiger partial charge is 0.342 e. The van der Waals surface area contributed by atoms with E-state index in [1.54, 1.807) is 11.0 Å². The predicted molar refractivity (Wildman–Crippen MR) is 117 cm³/mol. The first-order valence-electron chi connectivity index (χ1n) is 10.6. The minimum atomic E-state index is -0.269. The van der Waals surface area contributed by atoms with Gasteiger partial charge >= 0.3 is 0 Å². The molecule has 2 amide bonds. The Hall–Kier alpha value is -3.48. The Kier molecular flexibility index (Phi) is 4.81. The average molecular weight is 416 g/mol. The molecule has 0 unspecified atom stereocenters. The van der Waals surface area contributed by atoms with Gasteiger partial charge in [-0.1, -0.05) is 48.5 Å². The van der Waals surface area contributed by atoms with Gasteiger partial charge in [0.25, 0.3) is 5.56 Å². The normalized spacial score (nSPS) is 20.9. The molecular formula is C24H24N4O3. The van der Waals surface area contributed by atoms with Crippen molar-refractivity contribution in [3.8, 4) is 11.3 Å². The van der Waals surface area contributed by atoms with E-state index in [0.29, 0.717) is 30.6 Å². The highest BCUT2D eigenvalue weighted by Gasteiger charge is 2.41. The molecule has 158 valence electrons. The monoisotopic (exact) mass is 416 g/mol. The minimum Gasteiger partial charge on any atom is -0.342 e. The third kappa shape index (κ3) is 3.40. The van der Waals surface area contributed by atoms with Crippen LogP contribution in [0.2, 0.25) is 0 Å². The number of nitrogens with zero attached hydrogens (tertiary/aromatic N) is 4. The summed E-state index contributed by atoms with van der Waals surface area (Å²) >= 11 is 0. The third-order valence-corrected chi connectivity index (χ3v) is 6.57. The number of aromatic nitrogens is 2. The highest BCUT2D eigenvalue weighted by atomic mass is 16.2. The van der Waals surface area contributed by atoms with Crippen molar-refractivity contribution in [2.45, 2.75) is 25.4 Å².